The zero-order valence-electron chi connectivity index (χ0n) is 11.5. The van der Waals surface area contributed by atoms with Crippen molar-refractivity contribution in [1.82, 2.24) is 4.98 Å². The highest BCUT2D eigenvalue weighted by Gasteiger charge is 2.33. The van der Waals surface area contributed by atoms with E-state index in [4.69, 9.17) is 0 Å². The molecule has 0 saturated heterocycles. The number of aliphatic hydroxyl groups excluding tert-OH is 1. The monoisotopic (exact) mass is 271 g/mol. The predicted molar refractivity (Wildman–Crippen MR) is 76.4 cm³/mol. The Balaban J connectivity index is 2.24. The molecule has 0 radical (unpaired) electrons. The Kier molecular flexibility index (Phi) is 3.30. The number of fused-ring (bicyclic) bond motifs is 3. The predicted octanol–water partition coefficient (Wildman–Crippen LogP) is 3.34. The Bertz CT molecular complexity index is 605. The first-order valence-corrected chi connectivity index (χ1v) is 6.99. The molecule has 2 atom stereocenters. The third kappa shape index (κ3) is 2.02. The molecule has 0 saturated carbocycles. The number of pyridine rings is 1. The second-order valence-electron chi connectivity index (χ2n) is 5.54. The summed E-state index contributed by atoms with van der Waals surface area (Å²) in [4.78, 5) is 4.54. The van der Waals surface area contributed by atoms with Gasteiger partial charge in [0.1, 0.15) is 12.8 Å². The van der Waals surface area contributed by atoms with Gasteiger partial charge in [-0.1, -0.05) is 37.3 Å². The lowest BCUT2D eigenvalue weighted by Crippen LogP contribution is -2.32. The summed E-state index contributed by atoms with van der Waals surface area (Å²) in [7, 11) is 0. The summed E-state index contributed by atoms with van der Waals surface area (Å²) in [5.41, 5.74) is 2.62. The van der Waals surface area contributed by atoms with Gasteiger partial charge in [0.2, 0.25) is 0 Å². The second-order valence-corrected chi connectivity index (χ2v) is 5.54. The van der Waals surface area contributed by atoms with Crippen LogP contribution in [0.15, 0.2) is 42.5 Å². The average Bonchev–Trinajstić information content (AvgIpc) is 2.52. The molecule has 0 aliphatic carbocycles. The maximum atomic E-state index is 13.8. The highest BCUT2D eigenvalue weighted by atomic mass is 19.1. The maximum absolute atomic E-state index is 13.8. The van der Waals surface area contributed by atoms with E-state index >= 15 is 0 Å². The quantitative estimate of drug-likeness (QED) is 0.908. The molecule has 3 heteroatoms. The lowest BCUT2D eigenvalue weighted by molar-refractivity contribution is 0.212. The van der Waals surface area contributed by atoms with Gasteiger partial charge in [-0.25, -0.2) is 0 Å². The normalized spacial score (nSPS) is 24.6. The van der Waals surface area contributed by atoms with Gasteiger partial charge in [-0.05, 0) is 36.1 Å². The molecule has 4 bridgehead atoms. The van der Waals surface area contributed by atoms with E-state index in [0.29, 0.717) is 18.5 Å². The van der Waals surface area contributed by atoms with Crippen molar-refractivity contribution in [1.29, 1.82) is 0 Å². The third-order valence-corrected chi connectivity index (χ3v) is 4.36. The SMILES string of the molecule is CCC1(CF)Cc2ccc(cc2)C(O)c2cccc1n2. The van der Waals surface area contributed by atoms with Gasteiger partial charge in [0, 0.05) is 11.1 Å². The first-order valence-electron chi connectivity index (χ1n) is 6.99. The van der Waals surface area contributed by atoms with E-state index in [2.05, 4.69) is 4.98 Å². The van der Waals surface area contributed by atoms with Gasteiger partial charge in [0.05, 0.1) is 5.69 Å². The lowest BCUT2D eigenvalue weighted by atomic mass is 9.76. The second kappa shape index (κ2) is 4.98. The Morgan fingerprint density at radius 2 is 2.00 bits per heavy atom. The summed E-state index contributed by atoms with van der Waals surface area (Å²) < 4.78 is 13.8. The molecule has 0 spiro atoms. The molecule has 0 fully saturated rings. The van der Waals surface area contributed by atoms with Crippen molar-refractivity contribution in [3.05, 3.63) is 65.0 Å². The lowest BCUT2D eigenvalue weighted by Gasteiger charge is -2.31. The van der Waals surface area contributed by atoms with E-state index in [1.807, 2.05) is 43.3 Å². The molecule has 20 heavy (non-hydrogen) atoms. The van der Waals surface area contributed by atoms with Crippen LogP contribution in [-0.2, 0) is 11.8 Å². The van der Waals surface area contributed by atoms with Crippen LogP contribution in [0.25, 0.3) is 0 Å². The molecule has 4 rings (SSSR count). The zero-order chi connectivity index (χ0) is 14.2. The van der Waals surface area contributed by atoms with Crippen molar-refractivity contribution < 1.29 is 9.50 Å². The number of nitrogens with zero attached hydrogens (tertiary/aromatic N) is 1. The van der Waals surface area contributed by atoms with Gasteiger partial charge in [-0.2, -0.15) is 0 Å². The number of hydrogen-bond donors (Lipinski definition) is 1. The molecule has 2 unspecified atom stereocenters. The molecule has 1 aromatic heterocycles. The molecule has 104 valence electrons. The van der Waals surface area contributed by atoms with Crippen molar-refractivity contribution in [2.75, 3.05) is 6.67 Å². The largest absolute Gasteiger partial charge is 0.382 e. The van der Waals surface area contributed by atoms with E-state index < -0.39 is 18.2 Å². The van der Waals surface area contributed by atoms with E-state index in [0.717, 1.165) is 16.8 Å². The maximum Gasteiger partial charge on any atom is 0.121 e. The molecule has 2 aliphatic rings. The summed E-state index contributed by atoms with van der Waals surface area (Å²) in [6, 6.07) is 13.3. The first-order chi connectivity index (χ1) is 9.68. The van der Waals surface area contributed by atoms with Crippen molar-refractivity contribution in [3.8, 4) is 0 Å². The third-order valence-electron chi connectivity index (χ3n) is 4.36. The summed E-state index contributed by atoms with van der Waals surface area (Å²) in [6.07, 6.45) is 0.557. The molecular formula is C17H18FNO. The minimum absolute atomic E-state index is 0.447. The molecule has 2 aliphatic heterocycles. The summed E-state index contributed by atoms with van der Waals surface area (Å²) in [6.45, 7) is 1.54. The van der Waals surface area contributed by atoms with Crippen LogP contribution in [0.2, 0.25) is 0 Å². The summed E-state index contributed by atoms with van der Waals surface area (Å²) >= 11 is 0. The average molecular weight is 271 g/mol. The standard InChI is InChI=1S/C17H18FNO/c1-2-17(11-18)10-12-6-8-13(9-7-12)16(20)14-4-3-5-15(17)19-14/h3-9,16,20H,2,10-11H2,1H3. The summed E-state index contributed by atoms with van der Waals surface area (Å²) in [5.74, 6) is 0. The van der Waals surface area contributed by atoms with E-state index in [9.17, 15) is 9.50 Å². The van der Waals surface area contributed by atoms with Crippen molar-refractivity contribution >= 4 is 0 Å². The van der Waals surface area contributed by atoms with Crippen LogP contribution in [-0.4, -0.2) is 16.8 Å². The van der Waals surface area contributed by atoms with Crippen molar-refractivity contribution in [3.63, 3.8) is 0 Å². The summed E-state index contributed by atoms with van der Waals surface area (Å²) in [5, 5.41) is 10.4. The van der Waals surface area contributed by atoms with Crippen LogP contribution < -0.4 is 0 Å². The van der Waals surface area contributed by atoms with Crippen LogP contribution >= 0.6 is 0 Å². The molecule has 2 nitrogen and oxygen atoms in total. The van der Waals surface area contributed by atoms with Gasteiger partial charge in [0.25, 0.3) is 0 Å². The van der Waals surface area contributed by atoms with Gasteiger partial charge in [-0.15, -0.1) is 0 Å². The molecule has 1 N–H and O–H groups in total. The van der Waals surface area contributed by atoms with Crippen LogP contribution in [0.5, 0.6) is 0 Å². The number of aromatic nitrogens is 1. The first kappa shape index (κ1) is 13.3. The highest BCUT2D eigenvalue weighted by Crippen LogP contribution is 2.34. The smallest absolute Gasteiger partial charge is 0.121 e. The van der Waals surface area contributed by atoms with Crippen molar-refractivity contribution in [2.24, 2.45) is 0 Å². The van der Waals surface area contributed by atoms with Crippen molar-refractivity contribution in [2.45, 2.75) is 31.3 Å². The van der Waals surface area contributed by atoms with Gasteiger partial charge < -0.3 is 5.11 Å². The van der Waals surface area contributed by atoms with Crippen LogP contribution in [0, 0.1) is 0 Å². The Hall–Kier alpha value is -1.74. The number of benzene rings is 1. The molecule has 3 heterocycles. The van der Waals surface area contributed by atoms with E-state index in [-0.39, 0.29) is 0 Å². The molecule has 2 aromatic rings. The number of aliphatic hydroxyl groups is 1. The molecule has 0 amide bonds. The fourth-order valence-corrected chi connectivity index (χ4v) is 2.89. The van der Waals surface area contributed by atoms with Gasteiger partial charge >= 0.3 is 0 Å². The Labute approximate surface area is 118 Å². The van der Waals surface area contributed by atoms with Crippen LogP contribution in [0.4, 0.5) is 4.39 Å². The number of alkyl halides is 1. The number of hydrogen-bond acceptors (Lipinski definition) is 2. The topological polar surface area (TPSA) is 33.1 Å². The Morgan fingerprint density at radius 3 is 2.65 bits per heavy atom. The van der Waals surface area contributed by atoms with Crippen LogP contribution in [0.1, 0.15) is 42.0 Å². The fourth-order valence-electron chi connectivity index (χ4n) is 2.89. The van der Waals surface area contributed by atoms with Crippen LogP contribution in [0.3, 0.4) is 0 Å². The van der Waals surface area contributed by atoms with E-state index in [1.165, 1.54) is 0 Å². The van der Waals surface area contributed by atoms with E-state index in [1.54, 1.807) is 6.07 Å². The molecular weight excluding hydrogens is 253 g/mol. The molecule has 1 aromatic carbocycles. The highest BCUT2D eigenvalue weighted by molar-refractivity contribution is 5.34. The minimum atomic E-state index is -0.753. The zero-order valence-corrected chi connectivity index (χ0v) is 11.5. The van der Waals surface area contributed by atoms with Gasteiger partial charge in [-0.3, -0.25) is 9.37 Å². The van der Waals surface area contributed by atoms with Gasteiger partial charge in [0.15, 0.2) is 0 Å². The number of halogens is 1. The fraction of sp³-hybridized carbons (Fsp3) is 0.353. The minimum Gasteiger partial charge on any atom is -0.382 e. The number of rotatable bonds is 2. The Morgan fingerprint density at radius 1 is 1.25 bits per heavy atom.